The molecule has 0 saturated heterocycles. The van der Waals surface area contributed by atoms with Crippen molar-refractivity contribution in [2.45, 2.75) is 23.7 Å². The van der Waals surface area contributed by atoms with Gasteiger partial charge in [0.05, 0.1) is 24.7 Å². The lowest BCUT2D eigenvalue weighted by molar-refractivity contribution is -0.142. The first-order valence-electron chi connectivity index (χ1n) is 5.74. The van der Waals surface area contributed by atoms with Gasteiger partial charge in [0, 0.05) is 10.5 Å². The number of rotatable bonds is 5. The Bertz CT molecular complexity index is 594. The Hall–Kier alpha value is -2.01. The van der Waals surface area contributed by atoms with Crippen molar-refractivity contribution in [1.29, 1.82) is 5.26 Å². The van der Waals surface area contributed by atoms with Crippen molar-refractivity contribution in [3.05, 3.63) is 28.8 Å². The number of alkyl halides is 3. The third-order valence-electron chi connectivity index (χ3n) is 2.37. The molecule has 0 aliphatic rings. The van der Waals surface area contributed by atoms with Gasteiger partial charge in [-0.05, 0) is 30.3 Å². The fourth-order valence-electron chi connectivity index (χ4n) is 1.60. The molecule has 1 aromatic carbocycles. The van der Waals surface area contributed by atoms with Gasteiger partial charge in [-0.2, -0.15) is 18.4 Å². The molecule has 21 heavy (non-hydrogen) atoms. The van der Waals surface area contributed by atoms with Crippen LogP contribution in [0.5, 0.6) is 0 Å². The number of nitriles is 1. The zero-order chi connectivity index (χ0) is 16.0. The van der Waals surface area contributed by atoms with Gasteiger partial charge in [-0.25, -0.2) is 0 Å². The lowest BCUT2D eigenvalue weighted by atomic mass is 10.0. The van der Waals surface area contributed by atoms with Crippen LogP contribution in [0.3, 0.4) is 0 Å². The minimum atomic E-state index is -4.64. The minimum absolute atomic E-state index is 0.00289. The number of thioether (sulfide) groups is 1. The molecule has 0 saturated carbocycles. The average molecular weight is 317 g/mol. The Morgan fingerprint density at radius 1 is 1.48 bits per heavy atom. The maximum atomic E-state index is 12.6. The summed E-state index contributed by atoms with van der Waals surface area (Å²) in [5.74, 6) is -0.705. The number of hydrogen-bond acceptors (Lipinski definition) is 5. The Morgan fingerprint density at radius 2 is 2.14 bits per heavy atom. The van der Waals surface area contributed by atoms with E-state index in [0.717, 1.165) is 0 Å². The lowest BCUT2D eigenvalue weighted by Crippen LogP contribution is -2.11. The third kappa shape index (κ3) is 4.79. The summed E-state index contributed by atoms with van der Waals surface area (Å²) in [6.45, 7) is 1.66. The molecule has 0 bridgehead atoms. The van der Waals surface area contributed by atoms with Gasteiger partial charge in [-0.3, -0.25) is 9.59 Å². The van der Waals surface area contributed by atoms with E-state index in [2.05, 4.69) is 4.74 Å². The molecule has 1 aromatic rings. The van der Waals surface area contributed by atoms with Crippen LogP contribution in [0.15, 0.2) is 17.0 Å². The number of halogens is 3. The van der Waals surface area contributed by atoms with Gasteiger partial charge in [-0.1, -0.05) is 6.07 Å². The second kappa shape index (κ2) is 7.13. The van der Waals surface area contributed by atoms with Gasteiger partial charge in [0.2, 0.25) is 0 Å². The Morgan fingerprint density at radius 3 is 2.62 bits per heavy atom. The largest absolute Gasteiger partial charge is 0.466 e. The highest BCUT2D eigenvalue weighted by molar-refractivity contribution is 8.00. The highest BCUT2D eigenvalue weighted by Gasteiger charge is 2.32. The molecule has 0 fully saturated rings. The molecule has 0 aliphatic heterocycles. The number of carbonyl (C=O) groups is 2. The van der Waals surface area contributed by atoms with E-state index in [9.17, 15) is 22.8 Å². The van der Waals surface area contributed by atoms with Crippen LogP contribution in [-0.4, -0.2) is 24.4 Å². The van der Waals surface area contributed by atoms with Gasteiger partial charge in [0.15, 0.2) is 6.29 Å². The maximum absolute atomic E-state index is 12.6. The third-order valence-corrected chi connectivity index (χ3v) is 3.29. The van der Waals surface area contributed by atoms with Gasteiger partial charge >= 0.3 is 11.5 Å². The van der Waals surface area contributed by atoms with E-state index >= 15 is 0 Å². The molecule has 1 rings (SSSR count). The van der Waals surface area contributed by atoms with Crippen LogP contribution < -0.4 is 0 Å². The highest BCUT2D eigenvalue weighted by atomic mass is 32.2. The highest BCUT2D eigenvalue weighted by Crippen LogP contribution is 2.41. The summed E-state index contributed by atoms with van der Waals surface area (Å²) < 4.78 is 42.5. The molecule has 112 valence electrons. The summed E-state index contributed by atoms with van der Waals surface area (Å²) in [5, 5.41) is 8.84. The van der Waals surface area contributed by atoms with Crippen LogP contribution in [0.25, 0.3) is 0 Å². The fraction of sp³-hybridized carbons (Fsp3) is 0.308. The van der Waals surface area contributed by atoms with Crippen LogP contribution in [0, 0.1) is 11.3 Å². The van der Waals surface area contributed by atoms with Gasteiger partial charge in [0.25, 0.3) is 0 Å². The summed E-state index contributed by atoms with van der Waals surface area (Å²) in [7, 11) is 0. The summed E-state index contributed by atoms with van der Waals surface area (Å²) in [6, 6.07) is 4.08. The van der Waals surface area contributed by atoms with Crippen LogP contribution in [0.1, 0.15) is 28.4 Å². The average Bonchev–Trinajstić information content (AvgIpc) is 2.39. The maximum Gasteiger partial charge on any atom is 0.446 e. The number of carbonyl (C=O) groups excluding carboxylic acids is 2. The first kappa shape index (κ1) is 17.0. The molecule has 0 N–H and O–H groups in total. The quantitative estimate of drug-likeness (QED) is 0.474. The molecular weight excluding hydrogens is 307 g/mol. The van der Waals surface area contributed by atoms with Crippen LogP contribution >= 0.6 is 11.8 Å². The zero-order valence-electron chi connectivity index (χ0n) is 10.9. The van der Waals surface area contributed by atoms with Crippen LogP contribution in [0.4, 0.5) is 13.2 Å². The molecule has 0 amide bonds. The number of nitrogens with zero attached hydrogens (tertiary/aromatic N) is 1. The second-order valence-electron chi connectivity index (χ2n) is 3.77. The predicted octanol–water partition coefficient (Wildman–Crippen LogP) is 3.09. The number of benzene rings is 1. The van der Waals surface area contributed by atoms with E-state index in [-0.39, 0.29) is 29.6 Å². The Balaban J connectivity index is 3.33. The summed E-state index contributed by atoms with van der Waals surface area (Å²) in [4.78, 5) is 22.0. The lowest BCUT2D eigenvalue weighted by Gasteiger charge is -2.14. The molecule has 0 atom stereocenters. The standard InChI is InChI=1S/C13H10F3NO3S/c1-2-20-11(19)5-8-3-4-9(6-17)10(7-18)12(8)21-13(14,15)16/h3-4,7H,2,5H2,1H3. The van der Waals surface area contributed by atoms with Gasteiger partial charge < -0.3 is 4.74 Å². The Labute approximate surface area is 122 Å². The number of esters is 1. The van der Waals surface area contributed by atoms with E-state index in [1.165, 1.54) is 12.1 Å². The Kier molecular flexibility index (Phi) is 5.79. The molecule has 0 spiro atoms. The topological polar surface area (TPSA) is 67.2 Å². The molecule has 8 heteroatoms. The van der Waals surface area contributed by atoms with Crippen molar-refractivity contribution in [1.82, 2.24) is 0 Å². The van der Waals surface area contributed by atoms with Crippen molar-refractivity contribution in [2.75, 3.05) is 6.61 Å². The first-order valence-corrected chi connectivity index (χ1v) is 6.56. The molecule has 0 heterocycles. The normalized spacial score (nSPS) is 10.8. The molecule has 0 aromatic heterocycles. The summed E-state index contributed by atoms with van der Waals surface area (Å²) in [5.41, 5.74) is -5.20. The van der Waals surface area contributed by atoms with E-state index in [1.54, 1.807) is 13.0 Å². The van der Waals surface area contributed by atoms with Gasteiger partial charge in [-0.15, -0.1) is 0 Å². The smallest absolute Gasteiger partial charge is 0.446 e. The molecule has 4 nitrogen and oxygen atoms in total. The predicted molar refractivity (Wildman–Crippen MR) is 68.8 cm³/mol. The van der Waals surface area contributed by atoms with Crippen molar-refractivity contribution in [3.8, 4) is 6.07 Å². The monoisotopic (exact) mass is 317 g/mol. The van der Waals surface area contributed by atoms with E-state index in [0.29, 0.717) is 0 Å². The number of hydrogen-bond donors (Lipinski definition) is 0. The van der Waals surface area contributed by atoms with E-state index < -0.39 is 34.6 Å². The number of aldehydes is 1. The zero-order valence-corrected chi connectivity index (χ0v) is 11.7. The summed E-state index contributed by atoms with van der Waals surface area (Å²) in [6.07, 6.45) is -0.222. The van der Waals surface area contributed by atoms with E-state index in [1.807, 2.05) is 0 Å². The molecular formula is C13H10F3NO3S. The molecule has 0 radical (unpaired) electrons. The van der Waals surface area contributed by atoms with Crippen molar-refractivity contribution >= 4 is 24.0 Å². The van der Waals surface area contributed by atoms with Crippen molar-refractivity contribution in [3.63, 3.8) is 0 Å². The molecule has 0 unspecified atom stereocenters. The van der Waals surface area contributed by atoms with E-state index in [4.69, 9.17) is 5.26 Å². The number of ether oxygens (including phenoxy) is 1. The second-order valence-corrected chi connectivity index (χ2v) is 4.85. The van der Waals surface area contributed by atoms with Crippen LogP contribution in [-0.2, 0) is 16.0 Å². The minimum Gasteiger partial charge on any atom is -0.466 e. The van der Waals surface area contributed by atoms with Crippen LogP contribution in [0.2, 0.25) is 0 Å². The summed E-state index contributed by atoms with van der Waals surface area (Å²) >= 11 is -0.522. The fourth-order valence-corrected chi connectivity index (χ4v) is 2.37. The van der Waals surface area contributed by atoms with Crippen molar-refractivity contribution in [2.24, 2.45) is 0 Å². The molecule has 0 aliphatic carbocycles. The van der Waals surface area contributed by atoms with Gasteiger partial charge in [0.1, 0.15) is 0 Å². The first-order chi connectivity index (χ1) is 9.82. The van der Waals surface area contributed by atoms with Crippen molar-refractivity contribution < 1.29 is 27.5 Å². The SMILES string of the molecule is CCOC(=O)Cc1ccc(C#N)c(C=O)c1SC(F)(F)F.